The molecule has 6 nitrogen and oxygen atoms in total. The van der Waals surface area contributed by atoms with Crippen LogP contribution in [0.25, 0.3) is 6.08 Å². The van der Waals surface area contributed by atoms with Gasteiger partial charge in [0.15, 0.2) is 22.4 Å². The van der Waals surface area contributed by atoms with E-state index in [0.717, 1.165) is 11.3 Å². The summed E-state index contributed by atoms with van der Waals surface area (Å²) in [6.45, 7) is -0.226. The summed E-state index contributed by atoms with van der Waals surface area (Å²) >= 11 is 12.7. The number of hydrogen-bond donors (Lipinski definition) is 1. The molecule has 0 aromatic heterocycles. The quantitative estimate of drug-likeness (QED) is 0.321. The highest BCUT2D eigenvalue weighted by molar-refractivity contribution is 8.27. The van der Waals surface area contributed by atoms with Crippen molar-refractivity contribution in [3.63, 3.8) is 0 Å². The van der Waals surface area contributed by atoms with Gasteiger partial charge in [0.1, 0.15) is 0 Å². The molecule has 9 heteroatoms. The smallest absolute Gasteiger partial charge is 0.270 e. The van der Waals surface area contributed by atoms with Crippen LogP contribution < -0.4 is 19.7 Å². The first kappa shape index (κ1) is 23.8. The number of methoxy groups -OCH3 is 1. The minimum atomic E-state index is -0.358. The van der Waals surface area contributed by atoms with Crippen LogP contribution in [-0.2, 0) is 9.59 Å². The summed E-state index contributed by atoms with van der Waals surface area (Å²) < 4.78 is 11.5. The van der Waals surface area contributed by atoms with Crippen LogP contribution >= 0.6 is 35.6 Å². The molecule has 0 saturated carbocycles. The second-order valence-electron chi connectivity index (χ2n) is 7.08. The van der Waals surface area contributed by atoms with Crippen molar-refractivity contribution in [3.8, 4) is 11.5 Å². The van der Waals surface area contributed by atoms with Crippen LogP contribution in [0.5, 0.6) is 11.5 Å². The third-order valence-corrected chi connectivity index (χ3v) is 6.43. The van der Waals surface area contributed by atoms with Gasteiger partial charge in [0, 0.05) is 0 Å². The lowest BCUT2D eigenvalue weighted by Crippen LogP contribution is -2.27. The molecule has 0 spiro atoms. The molecule has 172 valence electrons. The summed E-state index contributed by atoms with van der Waals surface area (Å²) in [5.41, 5.74) is 1.97. The van der Waals surface area contributed by atoms with Crippen molar-refractivity contribution in [1.82, 2.24) is 0 Å². The van der Waals surface area contributed by atoms with E-state index in [9.17, 15) is 9.59 Å². The van der Waals surface area contributed by atoms with Crippen LogP contribution in [0.1, 0.15) is 5.56 Å². The Hall–Kier alpha value is -3.33. The summed E-state index contributed by atoms with van der Waals surface area (Å²) in [4.78, 5) is 27.2. The number of ether oxygens (including phenoxy) is 2. The maximum absolute atomic E-state index is 12.9. The Kier molecular flexibility index (Phi) is 7.52. The van der Waals surface area contributed by atoms with Gasteiger partial charge in [-0.15, -0.1) is 0 Å². The summed E-state index contributed by atoms with van der Waals surface area (Å²) in [5, 5.41) is 3.14. The molecule has 0 bridgehead atoms. The molecular weight excluding hydrogens is 492 g/mol. The minimum absolute atomic E-state index is 0.184. The number of rotatable bonds is 7. The van der Waals surface area contributed by atoms with Gasteiger partial charge in [-0.25, -0.2) is 0 Å². The van der Waals surface area contributed by atoms with Gasteiger partial charge in [-0.1, -0.05) is 72.0 Å². The van der Waals surface area contributed by atoms with Crippen molar-refractivity contribution in [1.29, 1.82) is 0 Å². The lowest BCUT2D eigenvalue weighted by atomic mass is 10.2. The third-order valence-electron chi connectivity index (χ3n) is 4.80. The molecule has 0 aliphatic carbocycles. The Morgan fingerprint density at radius 1 is 1.09 bits per heavy atom. The highest BCUT2D eigenvalue weighted by atomic mass is 35.5. The summed E-state index contributed by atoms with van der Waals surface area (Å²) in [7, 11) is 1.50. The van der Waals surface area contributed by atoms with Gasteiger partial charge >= 0.3 is 0 Å². The molecule has 4 rings (SSSR count). The number of thioether (sulfide) groups is 1. The van der Waals surface area contributed by atoms with Crippen molar-refractivity contribution >= 4 is 69.2 Å². The van der Waals surface area contributed by atoms with Crippen LogP contribution in [0.15, 0.2) is 77.7 Å². The van der Waals surface area contributed by atoms with Crippen molar-refractivity contribution < 1.29 is 19.1 Å². The Morgan fingerprint density at radius 2 is 1.82 bits per heavy atom. The number of amides is 2. The molecule has 0 unspecified atom stereocenters. The molecule has 1 saturated heterocycles. The maximum atomic E-state index is 12.9. The predicted molar refractivity (Wildman–Crippen MR) is 141 cm³/mol. The largest absolute Gasteiger partial charge is 0.493 e. The van der Waals surface area contributed by atoms with E-state index in [2.05, 4.69) is 5.32 Å². The van der Waals surface area contributed by atoms with Crippen molar-refractivity contribution in [2.24, 2.45) is 0 Å². The molecule has 3 aromatic carbocycles. The first-order chi connectivity index (χ1) is 16.5. The Labute approximate surface area is 211 Å². The number of anilines is 2. The van der Waals surface area contributed by atoms with Gasteiger partial charge in [-0.3, -0.25) is 14.5 Å². The highest BCUT2D eigenvalue weighted by Gasteiger charge is 2.33. The number of nitrogens with one attached hydrogen (secondary N) is 1. The zero-order chi connectivity index (χ0) is 24.1. The highest BCUT2D eigenvalue weighted by Crippen LogP contribution is 2.37. The van der Waals surface area contributed by atoms with Gasteiger partial charge in [-0.05, 0) is 48.0 Å². The molecule has 3 aromatic rings. The van der Waals surface area contributed by atoms with Gasteiger partial charge < -0.3 is 14.8 Å². The minimum Gasteiger partial charge on any atom is -0.493 e. The van der Waals surface area contributed by atoms with E-state index in [1.54, 1.807) is 48.5 Å². The van der Waals surface area contributed by atoms with E-state index in [1.165, 1.54) is 23.8 Å². The summed E-state index contributed by atoms with van der Waals surface area (Å²) in [5.74, 6) is 0.282. The normalized spacial score (nSPS) is 14.4. The topological polar surface area (TPSA) is 67.9 Å². The average Bonchev–Trinajstić information content (AvgIpc) is 3.12. The molecule has 1 aliphatic rings. The van der Waals surface area contributed by atoms with Gasteiger partial charge in [-0.2, -0.15) is 0 Å². The fraction of sp³-hybridized carbons (Fsp3) is 0.0800. The van der Waals surface area contributed by atoms with E-state index >= 15 is 0 Å². The van der Waals surface area contributed by atoms with Crippen LogP contribution in [0, 0.1) is 0 Å². The zero-order valence-electron chi connectivity index (χ0n) is 18.0. The zero-order valence-corrected chi connectivity index (χ0v) is 20.4. The first-order valence-electron chi connectivity index (χ1n) is 10.1. The number of benzene rings is 3. The third kappa shape index (κ3) is 5.41. The number of thiocarbonyl (C=S) groups is 1. The van der Waals surface area contributed by atoms with Crippen molar-refractivity contribution in [2.75, 3.05) is 23.9 Å². The van der Waals surface area contributed by atoms with E-state index in [4.69, 9.17) is 33.3 Å². The standard InChI is InChI=1S/C25H19ClN2O4S2/c1-31-21-13-16(14-22-24(30)28(25(33)34-22)17-7-3-2-4-8-17)11-12-20(21)32-15-23(29)27-19-10-6-5-9-18(19)26/h2-14H,15H2,1H3,(H,27,29)/b22-14-. The van der Waals surface area contributed by atoms with Crippen LogP contribution in [0.3, 0.4) is 0 Å². The number of hydrogen-bond acceptors (Lipinski definition) is 6. The van der Waals surface area contributed by atoms with Gasteiger partial charge in [0.2, 0.25) is 0 Å². The molecule has 1 N–H and O–H groups in total. The van der Waals surface area contributed by atoms with Crippen LogP contribution in [-0.4, -0.2) is 29.9 Å². The molecule has 0 radical (unpaired) electrons. The van der Waals surface area contributed by atoms with Gasteiger partial charge in [0.05, 0.1) is 28.4 Å². The summed E-state index contributed by atoms with van der Waals surface area (Å²) in [6.07, 6.45) is 1.75. The Bertz CT molecular complexity index is 1280. The molecular formula is C25H19ClN2O4S2. The van der Waals surface area contributed by atoms with E-state index in [-0.39, 0.29) is 18.4 Å². The molecule has 2 amide bonds. The van der Waals surface area contributed by atoms with Crippen LogP contribution in [0.4, 0.5) is 11.4 Å². The molecule has 0 atom stereocenters. The van der Waals surface area contributed by atoms with E-state index < -0.39 is 0 Å². The van der Waals surface area contributed by atoms with Crippen LogP contribution in [0.2, 0.25) is 5.02 Å². The van der Waals surface area contributed by atoms with E-state index in [1.807, 2.05) is 30.3 Å². The van der Waals surface area contributed by atoms with Crippen molar-refractivity contribution in [3.05, 3.63) is 88.3 Å². The lowest BCUT2D eigenvalue weighted by molar-refractivity contribution is -0.118. The second-order valence-corrected chi connectivity index (χ2v) is 9.16. The molecule has 1 heterocycles. The lowest BCUT2D eigenvalue weighted by Gasteiger charge is -2.14. The predicted octanol–water partition coefficient (Wildman–Crippen LogP) is 5.77. The maximum Gasteiger partial charge on any atom is 0.270 e. The molecule has 34 heavy (non-hydrogen) atoms. The number of para-hydroxylation sites is 2. The Balaban J connectivity index is 1.45. The second kappa shape index (κ2) is 10.7. The van der Waals surface area contributed by atoms with E-state index in [0.29, 0.717) is 31.4 Å². The van der Waals surface area contributed by atoms with Crippen molar-refractivity contribution in [2.45, 2.75) is 0 Å². The average molecular weight is 511 g/mol. The first-order valence-corrected chi connectivity index (χ1v) is 11.7. The monoisotopic (exact) mass is 510 g/mol. The number of carbonyl (C=O) groups is 2. The SMILES string of the molecule is COc1cc(/C=C2\SC(=S)N(c3ccccc3)C2=O)ccc1OCC(=O)Nc1ccccc1Cl. The number of halogens is 1. The molecule has 1 fully saturated rings. The van der Waals surface area contributed by atoms with Gasteiger partial charge in [0.25, 0.3) is 11.8 Å². The fourth-order valence-electron chi connectivity index (χ4n) is 3.20. The Morgan fingerprint density at radius 3 is 2.56 bits per heavy atom. The number of nitrogens with zero attached hydrogens (tertiary/aromatic N) is 1. The fourth-order valence-corrected chi connectivity index (χ4v) is 4.69. The molecule has 1 aliphatic heterocycles. The summed E-state index contributed by atoms with van der Waals surface area (Å²) in [6, 6.07) is 21.4. The number of carbonyl (C=O) groups excluding carboxylic acids is 2.